The molecule has 1 saturated heterocycles. The molecular weight excluding hydrogens is 593 g/mol. The van der Waals surface area contributed by atoms with Crippen molar-refractivity contribution in [2.24, 2.45) is 0 Å². The van der Waals surface area contributed by atoms with Crippen molar-refractivity contribution in [1.82, 2.24) is 19.9 Å². The Hall–Kier alpha value is -5.32. The van der Waals surface area contributed by atoms with E-state index in [1.807, 2.05) is 78.6 Å². The van der Waals surface area contributed by atoms with Crippen molar-refractivity contribution < 1.29 is 22.7 Å². The molecule has 0 saturated carbocycles. The Labute approximate surface area is 264 Å². The topological polar surface area (TPSA) is 86.4 Å². The van der Waals surface area contributed by atoms with E-state index < -0.39 is 17.8 Å². The van der Waals surface area contributed by atoms with Crippen LogP contribution < -0.4 is 10.2 Å². The zero-order chi connectivity index (χ0) is 32.1. The number of piperazine rings is 1. The second kappa shape index (κ2) is 13.4. The maximum atomic E-state index is 13.7. The summed E-state index contributed by atoms with van der Waals surface area (Å²) in [6, 6.07) is 28.2. The van der Waals surface area contributed by atoms with Crippen molar-refractivity contribution in [3.05, 3.63) is 120 Å². The molecule has 2 aromatic heterocycles. The van der Waals surface area contributed by atoms with Gasteiger partial charge in [0.2, 0.25) is 5.95 Å². The van der Waals surface area contributed by atoms with E-state index in [2.05, 4.69) is 15.3 Å². The van der Waals surface area contributed by atoms with Gasteiger partial charge in [0.25, 0.3) is 0 Å². The summed E-state index contributed by atoms with van der Waals surface area (Å²) >= 11 is 0. The van der Waals surface area contributed by atoms with Gasteiger partial charge in [-0.1, -0.05) is 72.8 Å². The number of anilines is 2. The number of nitrogens with zero attached hydrogens (tertiary/aromatic N) is 4. The van der Waals surface area contributed by atoms with Gasteiger partial charge < -0.3 is 24.8 Å². The SMILES string of the molecule is CC(Nc1cc(-c2[nH]c(N3CCN(C(=O)OCc4ccccc4)CC3)nc2-c2cccc(C(F)(F)F)c2)ccn1)c1ccccc1. The van der Waals surface area contributed by atoms with E-state index in [1.165, 1.54) is 6.07 Å². The largest absolute Gasteiger partial charge is 0.445 e. The number of amides is 1. The minimum Gasteiger partial charge on any atom is -0.445 e. The minimum atomic E-state index is -4.50. The molecule has 1 fully saturated rings. The first-order chi connectivity index (χ1) is 22.2. The highest BCUT2D eigenvalue weighted by Crippen LogP contribution is 2.37. The number of carbonyl (C=O) groups is 1. The Bertz CT molecular complexity index is 1770. The Morgan fingerprint density at radius 3 is 2.35 bits per heavy atom. The number of rotatable bonds is 8. The second-order valence-electron chi connectivity index (χ2n) is 11.1. The molecule has 46 heavy (non-hydrogen) atoms. The van der Waals surface area contributed by atoms with Gasteiger partial charge in [-0.3, -0.25) is 0 Å². The van der Waals surface area contributed by atoms with Crippen LogP contribution in [0, 0.1) is 0 Å². The highest BCUT2D eigenvalue weighted by molar-refractivity contribution is 5.81. The Kier molecular flexibility index (Phi) is 8.91. The van der Waals surface area contributed by atoms with Crippen molar-refractivity contribution in [2.45, 2.75) is 25.7 Å². The molecular formula is C35H33F3N6O2. The summed E-state index contributed by atoms with van der Waals surface area (Å²) in [6.07, 6.45) is -3.23. The first-order valence-electron chi connectivity index (χ1n) is 15.0. The monoisotopic (exact) mass is 626 g/mol. The van der Waals surface area contributed by atoms with Crippen LogP contribution in [0.3, 0.4) is 0 Å². The average Bonchev–Trinajstić information content (AvgIpc) is 3.54. The highest BCUT2D eigenvalue weighted by atomic mass is 19.4. The summed E-state index contributed by atoms with van der Waals surface area (Å²) in [5.41, 5.74) is 3.24. The van der Waals surface area contributed by atoms with Gasteiger partial charge in [-0.2, -0.15) is 13.2 Å². The predicted molar refractivity (Wildman–Crippen MR) is 171 cm³/mol. The van der Waals surface area contributed by atoms with E-state index in [-0.39, 0.29) is 12.6 Å². The molecule has 1 aliphatic heterocycles. The molecule has 236 valence electrons. The van der Waals surface area contributed by atoms with Gasteiger partial charge in [0.05, 0.1) is 17.0 Å². The van der Waals surface area contributed by atoms with E-state index in [0.717, 1.165) is 23.3 Å². The van der Waals surface area contributed by atoms with E-state index in [1.54, 1.807) is 23.2 Å². The molecule has 1 atom stereocenters. The number of hydrogen-bond acceptors (Lipinski definition) is 6. The maximum Gasteiger partial charge on any atom is 0.416 e. The summed E-state index contributed by atoms with van der Waals surface area (Å²) < 4.78 is 46.5. The van der Waals surface area contributed by atoms with Gasteiger partial charge in [-0.25, -0.2) is 14.8 Å². The van der Waals surface area contributed by atoms with Gasteiger partial charge >= 0.3 is 12.3 Å². The quantitative estimate of drug-likeness (QED) is 0.183. The number of benzene rings is 3. The molecule has 6 rings (SSSR count). The number of carbonyl (C=O) groups excluding carboxylic acids is 1. The third kappa shape index (κ3) is 7.14. The molecule has 0 spiro atoms. The number of hydrogen-bond donors (Lipinski definition) is 2. The van der Waals surface area contributed by atoms with Gasteiger partial charge in [0, 0.05) is 49.5 Å². The Morgan fingerprint density at radius 1 is 0.913 bits per heavy atom. The molecule has 3 aromatic carbocycles. The fraction of sp³-hybridized carbons (Fsp3) is 0.229. The summed E-state index contributed by atoms with van der Waals surface area (Å²) in [5, 5.41) is 3.41. The summed E-state index contributed by atoms with van der Waals surface area (Å²) in [5.74, 6) is 1.12. The summed E-state index contributed by atoms with van der Waals surface area (Å²) in [4.78, 5) is 29.0. The minimum absolute atomic E-state index is 0.0279. The molecule has 1 amide bonds. The van der Waals surface area contributed by atoms with E-state index in [0.29, 0.717) is 60.5 Å². The lowest BCUT2D eigenvalue weighted by molar-refractivity contribution is -0.137. The summed E-state index contributed by atoms with van der Waals surface area (Å²) in [6.45, 7) is 3.96. The maximum absolute atomic E-state index is 13.7. The number of halogens is 3. The molecule has 11 heteroatoms. The number of aromatic amines is 1. The van der Waals surface area contributed by atoms with Crippen molar-refractivity contribution in [2.75, 3.05) is 36.4 Å². The number of ether oxygens (including phenoxy) is 1. The van der Waals surface area contributed by atoms with Crippen molar-refractivity contribution >= 4 is 17.9 Å². The van der Waals surface area contributed by atoms with Gasteiger partial charge in [0.1, 0.15) is 12.4 Å². The Balaban J connectivity index is 1.25. The van der Waals surface area contributed by atoms with Crippen LogP contribution in [-0.2, 0) is 17.5 Å². The lowest BCUT2D eigenvalue weighted by Crippen LogP contribution is -2.49. The predicted octanol–water partition coefficient (Wildman–Crippen LogP) is 7.79. The third-order valence-electron chi connectivity index (χ3n) is 7.91. The second-order valence-corrected chi connectivity index (χ2v) is 11.1. The molecule has 0 radical (unpaired) electrons. The van der Waals surface area contributed by atoms with Crippen LogP contribution in [0.25, 0.3) is 22.5 Å². The lowest BCUT2D eigenvalue weighted by atomic mass is 10.0. The fourth-order valence-electron chi connectivity index (χ4n) is 5.39. The van der Waals surface area contributed by atoms with Crippen LogP contribution in [0.5, 0.6) is 0 Å². The highest BCUT2D eigenvalue weighted by Gasteiger charge is 2.31. The smallest absolute Gasteiger partial charge is 0.416 e. The molecule has 1 unspecified atom stereocenters. The number of nitrogens with one attached hydrogen (secondary N) is 2. The van der Waals surface area contributed by atoms with Crippen LogP contribution in [0.15, 0.2) is 103 Å². The van der Waals surface area contributed by atoms with Crippen LogP contribution in [-0.4, -0.2) is 52.1 Å². The van der Waals surface area contributed by atoms with E-state index >= 15 is 0 Å². The lowest BCUT2D eigenvalue weighted by Gasteiger charge is -2.33. The number of pyridine rings is 1. The number of alkyl halides is 3. The number of imidazole rings is 1. The van der Waals surface area contributed by atoms with Gasteiger partial charge in [-0.05, 0) is 42.3 Å². The van der Waals surface area contributed by atoms with E-state index in [4.69, 9.17) is 9.72 Å². The van der Waals surface area contributed by atoms with Crippen LogP contribution >= 0.6 is 0 Å². The zero-order valence-corrected chi connectivity index (χ0v) is 25.2. The third-order valence-corrected chi connectivity index (χ3v) is 7.91. The first-order valence-corrected chi connectivity index (χ1v) is 15.0. The van der Waals surface area contributed by atoms with Crippen molar-refractivity contribution in [3.8, 4) is 22.5 Å². The van der Waals surface area contributed by atoms with Gasteiger partial charge in [-0.15, -0.1) is 0 Å². The zero-order valence-electron chi connectivity index (χ0n) is 25.2. The average molecular weight is 627 g/mol. The van der Waals surface area contributed by atoms with Crippen LogP contribution in [0.4, 0.5) is 29.7 Å². The Morgan fingerprint density at radius 2 is 1.63 bits per heavy atom. The van der Waals surface area contributed by atoms with E-state index in [9.17, 15) is 18.0 Å². The molecule has 0 aliphatic carbocycles. The molecule has 3 heterocycles. The number of aromatic nitrogens is 3. The van der Waals surface area contributed by atoms with Crippen molar-refractivity contribution in [1.29, 1.82) is 0 Å². The van der Waals surface area contributed by atoms with Crippen LogP contribution in [0.1, 0.15) is 29.7 Å². The molecule has 5 aromatic rings. The molecule has 2 N–H and O–H groups in total. The normalized spacial score (nSPS) is 14.2. The van der Waals surface area contributed by atoms with Gasteiger partial charge in [0.15, 0.2) is 0 Å². The number of H-pyrrole nitrogens is 1. The summed E-state index contributed by atoms with van der Waals surface area (Å²) in [7, 11) is 0. The van der Waals surface area contributed by atoms with Crippen LogP contribution in [0.2, 0.25) is 0 Å². The van der Waals surface area contributed by atoms with Crippen molar-refractivity contribution in [3.63, 3.8) is 0 Å². The standard InChI is InChI=1S/C35H33F3N6O2/c1-24(26-11-6-3-7-12-26)40-30-22-28(15-16-39-30)32-31(27-13-8-14-29(21-27)35(36,37)38)41-33(42-32)43-17-19-44(20-18-43)34(45)46-23-25-9-4-2-5-10-25/h2-16,21-22,24H,17-20,23H2,1H3,(H,39,40)(H,41,42). The molecule has 8 nitrogen and oxygen atoms in total. The molecule has 0 bridgehead atoms. The molecule has 1 aliphatic rings. The fourth-order valence-corrected chi connectivity index (χ4v) is 5.39. The first kappa shape index (κ1) is 30.7.